The summed E-state index contributed by atoms with van der Waals surface area (Å²) in [5.74, 6) is 1.72. The summed E-state index contributed by atoms with van der Waals surface area (Å²) in [6.45, 7) is 0. The van der Waals surface area contributed by atoms with Gasteiger partial charge >= 0.3 is 5.71 Å². The summed E-state index contributed by atoms with van der Waals surface area (Å²) in [6.07, 6.45) is 8.08. The third-order valence-corrected chi connectivity index (χ3v) is 4.18. The van der Waals surface area contributed by atoms with E-state index in [1.807, 2.05) is 30.3 Å². The highest BCUT2D eigenvalue weighted by molar-refractivity contribution is 6.49. The standard InChI is InChI=1S/C20H14N6O2/c1-28-14-5-7-17-15(10-14)20(23-13-4-6-16(21)18(9-13)26-27)25-19(24-17)12-3-2-8-22-11-12/h2-11,21H,1H3/p+1. The number of nitroso groups, excluding NO2 is 1. The molecule has 28 heavy (non-hydrogen) atoms. The minimum atomic E-state index is 0.0495. The van der Waals surface area contributed by atoms with E-state index in [-0.39, 0.29) is 11.4 Å². The number of fused-ring (bicyclic) bond motifs is 1. The fourth-order valence-electron chi connectivity index (χ4n) is 2.78. The van der Waals surface area contributed by atoms with Crippen molar-refractivity contribution in [2.24, 2.45) is 0 Å². The lowest BCUT2D eigenvalue weighted by Crippen LogP contribution is -2.16. The van der Waals surface area contributed by atoms with E-state index in [1.165, 1.54) is 12.2 Å². The molecule has 4 rings (SSSR count). The molecule has 8 heteroatoms. The highest BCUT2D eigenvalue weighted by atomic mass is 16.5. The van der Waals surface area contributed by atoms with Gasteiger partial charge in [-0.15, -0.1) is 0 Å². The average Bonchev–Trinajstić information content (AvgIpc) is 2.75. The maximum Gasteiger partial charge on any atom is 0.422 e. The predicted octanol–water partition coefficient (Wildman–Crippen LogP) is 2.86. The predicted molar refractivity (Wildman–Crippen MR) is 108 cm³/mol. The number of hydrogen-bond acceptors (Lipinski definition) is 7. The normalized spacial score (nSPS) is 13.2. The van der Waals surface area contributed by atoms with Crippen molar-refractivity contribution in [2.75, 3.05) is 12.4 Å². The van der Waals surface area contributed by atoms with E-state index in [0.29, 0.717) is 23.1 Å². The van der Waals surface area contributed by atoms with E-state index in [2.05, 4.69) is 25.1 Å². The molecule has 0 saturated heterocycles. The van der Waals surface area contributed by atoms with Gasteiger partial charge in [0.1, 0.15) is 11.6 Å². The summed E-state index contributed by atoms with van der Waals surface area (Å²) >= 11 is 0. The largest absolute Gasteiger partial charge is 0.497 e. The van der Waals surface area contributed by atoms with Crippen LogP contribution in [0.25, 0.3) is 22.3 Å². The molecular weight excluding hydrogens is 356 g/mol. The van der Waals surface area contributed by atoms with Crippen LogP contribution in [-0.2, 0) is 0 Å². The van der Waals surface area contributed by atoms with Crippen molar-refractivity contribution in [2.45, 2.75) is 0 Å². The topological polar surface area (TPSA) is 115 Å². The second-order valence-corrected chi connectivity index (χ2v) is 5.97. The number of nitrogens with one attached hydrogen (secondary N) is 2. The molecule has 3 aromatic rings. The van der Waals surface area contributed by atoms with E-state index in [4.69, 9.17) is 10.1 Å². The Morgan fingerprint density at radius 1 is 1.18 bits per heavy atom. The van der Waals surface area contributed by atoms with Gasteiger partial charge in [-0.05, 0) is 42.5 Å². The number of nitrogens with zero attached hydrogens (tertiary/aromatic N) is 4. The summed E-state index contributed by atoms with van der Waals surface area (Å²) in [7, 11) is 1.59. The minimum Gasteiger partial charge on any atom is -0.497 e. The molecule has 136 valence electrons. The Kier molecular flexibility index (Phi) is 4.45. The molecule has 0 fully saturated rings. The average molecular weight is 371 g/mol. The summed E-state index contributed by atoms with van der Waals surface area (Å²) in [5, 5.41) is 11.7. The maximum atomic E-state index is 10.9. The molecule has 2 heterocycles. The summed E-state index contributed by atoms with van der Waals surface area (Å²) in [4.78, 5) is 27.2. The van der Waals surface area contributed by atoms with Gasteiger partial charge in [-0.2, -0.15) is 0 Å². The Labute approximate surface area is 159 Å². The van der Waals surface area contributed by atoms with Gasteiger partial charge < -0.3 is 10.1 Å². The molecule has 0 spiro atoms. The lowest BCUT2D eigenvalue weighted by molar-refractivity contribution is 0.415. The molecule has 0 atom stereocenters. The number of allylic oxidation sites excluding steroid dienone is 3. The first-order chi connectivity index (χ1) is 13.7. The van der Waals surface area contributed by atoms with Crippen LogP contribution < -0.4 is 14.9 Å². The highest BCUT2D eigenvalue weighted by Crippen LogP contribution is 2.29. The fraction of sp³-hybridized carbons (Fsp3) is 0.0500. The Morgan fingerprint density at radius 3 is 2.82 bits per heavy atom. The van der Waals surface area contributed by atoms with Crippen LogP contribution in [0.4, 0.5) is 5.82 Å². The highest BCUT2D eigenvalue weighted by Gasteiger charge is 2.21. The van der Waals surface area contributed by atoms with E-state index in [9.17, 15) is 4.91 Å². The smallest absolute Gasteiger partial charge is 0.422 e. The number of ether oxygens (including phenoxy) is 1. The molecule has 1 aliphatic carbocycles. The van der Waals surface area contributed by atoms with Crippen LogP contribution in [0.5, 0.6) is 5.75 Å². The quantitative estimate of drug-likeness (QED) is 0.538. The van der Waals surface area contributed by atoms with Crippen molar-refractivity contribution < 1.29 is 4.74 Å². The third-order valence-electron chi connectivity index (χ3n) is 4.18. The van der Waals surface area contributed by atoms with Crippen molar-refractivity contribution >= 4 is 28.1 Å². The first-order valence-corrected chi connectivity index (χ1v) is 8.40. The lowest BCUT2D eigenvalue weighted by atomic mass is 10.1. The lowest BCUT2D eigenvalue weighted by Gasteiger charge is -2.13. The molecular formula is C20H15N6O2+. The molecule has 0 amide bonds. The van der Waals surface area contributed by atoms with Crippen molar-refractivity contribution in [1.82, 2.24) is 19.8 Å². The van der Waals surface area contributed by atoms with Crippen LogP contribution in [0, 0.1) is 10.3 Å². The number of pyridine rings is 1. The first-order valence-electron chi connectivity index (χ1n) is 8.40. The van der Waals surface area contributed by atoms with E-state index < -0.39 is 0 Å². The van der Waals surface area contributed by atoms with Crippen LogP contribution in [0.15, 0.2) is 66.7 Å². The number of methoxy groups -OCH3 is 1. The van der Waals surface area contributed by atoms with Crippen molar-refractivity contribution in [3.05, 3.63) is 71.6 Å². The zero-order chi connectivity index (χ0) is 19.5. The molecule has 2 aromatic heterocycles. The molecule has 0 aliphatic heterocycles. The molecule has 0 saturated carbocycles. The Bertz CT molecular complexity index is 1190. The second-order valence-electron chi connectivity index (χ2n) is 5.97. The Hall–Kier alpha value is -4.16. The van der Waals surface area contributed by atoms with Gasteiger partial charge in [-0.25, -0.2) is 9.97 Å². The number of benzene rings is 1. The molecule has 0 unspecified atom stereocenters. The number of anilines is 1. The van der Waals surface area contributed by atoms with Crippen LogP contribution in [-0.4, -0.2) is 33.5 Å². The molecule has 1 aromatic carbocycles. The van der Waals surface area contributed by atoms with Crippen LogP contribution >= 0.6 is 0 Å². The SMILES string of the molecule is COc1ccc2nc(-c3cccnc3)nc(NC3=CC(=[N+]=O)C(=N)C=C3)c2c1. The number of aromatic nitrogens is 3. The van der Waals surface area contributed by atoms with Gasteiger partial charge in [-0.1, -0.05) is 0 Å². The van der Waals surface area contributed by atoms with Crippen LogP contribution in [0.2, 0.25) is 0 Å². The fourth-order valence-corrected chi connectivity index (χ4v) is 2.78. The van der Waals surface area contributed by atoms with Gasteiger partial charge in [0.15, 0.2) is 16.4 Å². The molecule has 0 bridgehead atoms. The third kappa shape index (κ3) is 3.27. The molecule has 8 nitrogen and oxygen atoms in total. The summed E-state index contributed by atoms with van der Waals surface area (Å²) in [6, 6.07) is 9.22. The zero-order valence-corrected chi connectivity index (χ0v) is 14.9. The van der Waals surface area contributed by atoms with Gasteiger partial charge in [0.2, 0.25) is 4.85 Å². The van der Waals surface area contributed by atoms with E-state index in [1.54, 1.807) is 25.6 Å². The van der Waals surface area contributed by atoms with Crippen molar-refractivity contribution in [3.8, 4) is 17.1 Å². The molecule has 1 aliphatic rings. The Balaban J connectivity index is 1.86. The first kappa shape index (κ1) is 17.3. The van der Waals surface area contributed by atoms with E-state index >= 15 is 0 Å². The Morgan fingerprint density at radius 2 is 2.07 bits per heavy atom. The number of rotatable bonds is 4. The van der Waals surface area contributed by atoms with Gasteiger partial charge in [-0.3, -0.25) is 10.4 Å². The molecule has 0 radical (unpaired) electrons. The van der Waals surface area contributed by atoms with Crippen LogP contribution in [0.3, 0.4) is 0 Å². The summed E-state index contributed by atoms with van der Waals surface area (Å²) < 4.78 is 5.32. The zero-order valence-electron chi connectivity index (χ0n) is 14.9. The van der Waals surface area contributed by atoms with E-state index in [0.717, 1.165) is 16.5 Å². The van der Waals surface area contributed by atoms with Crippen molar-refractivity contribution in [3.63, 3.8) is 0 Å². The van der Waals surface area contributed by atoms with Gasteiger partial charge in [0.05, 0.1) is 18.7 Å². The minimum absolute atomic E-state index is 0.0495. The maximum absolute atomic E-state index is 10.9. The van der Waals surface area contributed by atoms with Crippen LogP contribution in [0.1, 0.15) is 0 Å². The second kappa shape index (κ2) is 7.22. The van der Waals surface area contributed by atoms with Crippen molar-refractivity contribution in [1.29, 1.82) is 5.41 Å². The number of hydrogen-bond donors (Lipinski definition) is 2. The summed E-state index contributed by atoms with van der Waals surface area (Å²) in [5.41, 5.74) is 2.20. The molecule has 2 N–H and O–H groups in total. The van der Waals surface area contributed by atoms with Gasteiger partial charge in [0.25, 0.3) is 0 Å². The van der Waals surface area contributed by atoms with Gasteiger partial charge in [0, 0.05) is 29.0 Å². The monoisotopic (exact) mass is 371 g/mol.